The predicted octanol–water partition coefficient (Wildman–Crippen LogP) is 3.20. The van der Waals surface area contributed by atoms with Gasteiger partial charge < -0.3 is 14.8 Å². The summed E-state index contributed by atoms with van der Waals surface area (Å²) >= 11 is 0. The zero-order valence-electron chi connectivity index (χ0n) is 16.8. The van der Waals surface area contributed by atoms with E-state index in [-0.39, 0.29) is 42.3 Å². The zero-order chi connectivity index (χ0) is 18.9. The minimum atomic E-state index is -0.256. The molecule has 1 unspecified atom stereocenters. The van der Waals surface area contributed by atoms with E-state index in [1.807, 2.05) is 12.1 Å². The highest BCUT2D eigenvalue weighted by Crippen LogP contribution is 2.41. The third kappa shape index (κ3) is 4.77. The van der Waals surface area contributed by atoms with Crippen molar-refractivity contribution in [2.45, 2.75) is 31.9 Å². The van der Waals surface area contributed by atoms with Crippen molar-refractivity contribution in [3.63, 3.8) is 0 Å². The Morgan fingerprint density at radius 1 is 1.28 bits per heavy atom. The van der Waals surface area contributed by atoms with Gasteiger partial charge in [-0.05, 0) is 50.7 Å². The monoisotopic (exact) mass is 441 g/mol. The van der Waals surface area contributed by atoms with Crippen LogP contribution in [0.5, 0.6) is 5.75 Å². The quantitative estimate of drug-likeness (QED) is 0.718. The number of likely N-dealkylation sites (N-methyl/N-ethyl adjacent to an activating group) is 1. The fraction of sp³-hybridized carbons (Fsp3) is 0.524. The number of esters is 1. The molecule has 3 heterocycles. The van der Waals surface area contributed by atoms with Gasteiger partial charge in [0.15, 0.2) is 0 Å². The van der Waals surface area contributed by atoms with Crippen molar-refractivity contribution in [2.75, 3.05) is 33.8 Å². The van der Waals surface area contributed by atoms with Crippen molar-refractivity contribution in [3.05, 3.63) is 36.0 Å². The molecule has 4 rings (SSSR count). The van der Waals surface area contributed by atoms with E-state index < -0.39 is 0 Å². The van der Waals surface area contributed by atoms with Gasteiger partial charge >= 0.3 is 5.97 Å². The number of fused-ring (bicyclic) bond motifs is 1. The molecule has 2 aliphatic rings. The Hall–Kier alpha value is -1.60. The molecule has 0 saturated carbocycles. The number of halogens is 2. The molecular formula is C21H29Cl2N3O3. The number of rotatable bonds is 5. The number of nitrogens with zero attached hydrogens (tertiary/aromatic N) is 2. The van der Waals surface area contributed by atoms with Gasteiger partial charge in [-0.1, -0.05) is 12.1 Å². The highest BCUT2D eigenvalue weighted by molar-refractivity contribution is 5.87. The second kappa shape index (κ2) is 9.94. The van der Waals surface area contributed by atoms with Gasteiger partial charge in [0, 0.05) is 31.1 Å². The minimum absolute atomic E-state index is 0. The van der Waals surface area contributed by atoms with Crippen LogP contribution in [0.4, 0.5) is 0 Å². The maximum Gasteiger partial charge on any atom is 0.312 e. The van der Waals surface area contributed by atoms with E-state index in [0.717, 1.165) is 62.1 Å². The van der Waals surface area contributed by atoms with Crippen LogP contribution >= 0.6 is 24.8 Å². The smallest absolute Gasteiger partial charge is 0.312 e. The van der Waals surface area contributed by atoms with Gasteiger partial charge in [0.2, 0.25) is 0 Å². The van der Waals surface area contributed by atoms with Gasteiger partial charge in [-0.3, -0.25) is 14.7 Å². The van der Waals surface area contributed by atoms with Crippen LogP contribution in [0.15, 0.2) is 30.5 Å². The number of benzene rings is 1. The van der Waals surface area contributed by atoms with Crippen LogP contribution in [-0.2, 0) is 16.1 Å². The van der Waals surface area contributed by atoms with E-state index in [0.29, 0.717) is 0 Å². The van der Waals surface area contributed by atoms with E-state index in [2.05, 4.69) is 34.4 Å². The Kier molecular flexibility index (Phi) is 8.11. The summed E-state index contributed by atoms with van der Waals surface area (Å²) < 4.78 is 11.2. The van der Waals surface area contributed by atoms with Crippen molar-refractivity contribution in [3.8, 4) is 5.75 Å². The van der Waals surface area contributed by atoms with Gasteiger partial charge in [-0.25, -0.2) is 0 Å². The molecule has 2 saturated heterocycles. The zero-order valence-corrected chi connectivity index (χ0v) is 18.5. The number of cyclic esters (lactones) is 1. The summed E-state index contributed by atoms with van der Waals surface area (Å²) in [5.74, 6) is 0.788. The summed E-state index contributed by atoms with van der Waals surface area (Å²) in [5.41, 5.74) is 1.82. The molecule has 2 fully saturated rings. The fourth-order valence-corrected chi connectivity index (χ4v) is 4.46. The number of hydrogen-bond acceptors (Lipinski definition) is 6. The molecule has 0 amide bonds. The van der Waals surface area contributed by atoms with E-state index in [1.54, 1.807) is 13.3 Å². The van der Waals surface area contributed by atoms with Crippen LogP contribution in [0.3, 0.4) is 0 Å². The molecule has 2 aromatic rings. The molecule has 1 N–H and O–H groups in total. The Morgan fingerprint density at radius 2 is 2.03 bits per heavy atom. The van der Waals surface area contributed by atoms with Gasteiger partial charge in [0.25, 0.3) is 0 Å². The molecule has 0 radical (unpaired) electrons. The Labute approximate surface area is 184 Å². The number of carbonyl (C=O) groups excluding carboxylic acids is 1. The predicted molar refractivity (Wildman–Crippen MR) is 118 cm³/mol. The molecule has 6 nitrogen and oxygen atoms in total. The van der Waals surface area contributed by atoms with E-state index in [1.165, 1.54) is 5.56 Å². The molecule has 29 heavy (non-hydrogen) atoms. The fourth-order valence-electron chi connectivity index (χ4n) is 4.46. The second-order valence-electron chi connectivity index (χ2n) is 7.79. The maximum absolute atomic E-state index is 12.5. The first kappa shape index (κ1) is 23.7. The normalized spacial score (nSPS) is 20.2. The Morgan fingerprint density at radius 3 is 2.76 bits per heavy atom. The van der Waals surface area contributed by atoms with Gasteiger partial charge in [-0.15, -0.1) is 24.8 Å². The number of ether oxygens (including phenoxy) is 2. The first-order valence-electron chi connectivity index (χ1n) is 9.62. The molecule has 1 spiro atoms. The number of aromatic nitrogens is 1. The summed E-state index contributed by atoms with van der Waals surface area (Å²) in [6, 6.07) is 8.09. The lowest BCUT2D eigenvalue weighted by molar-refractivity contribution is -0.150. The van der Waals surface area contributed by atoms with Crippen molar-refractivity contribution < 1.29 is 14.3 Å². The van der Waals surface area contributed by atoms with Crippen LogP contribution in [0.25, 0.3) is 10.9 Å². The van der Waals surface area contributed by atoms with Crippen molar-refractivity contribution in [1.82, 2.24) is 15.2 Å². The number of hydrogen-bond donors (Lipinski definition) is 1. The molecule has 1 aromatic heterocycles. The average Bonchev–Trinajstić information content (AvgIpc) is 2.96. The van der Waals surface area contributed by atoms with Gasteiger partial charge in [0.1, 0.15) is 17.4 Å². The lowest BCUT2D eigenvalue weighted by atomic mass is 9.76. The Bertz CT molecular complexity index is 843. The van der Waals surface area contributed by atoms with Crippen molar-refractivity contribution in [2.24, 2.45) is 5.41 Å². The van der Waals surface area contributed by atoms with Crippen LogP contribution < -0.4 is 10.1 Å². The number of pyridine rings is 1. The topological polar surface area (TPSA) is 63.7 Å². The first-order chi connectivity index (χ1) is 13.1. The third-order valence-electron chi connectivity index (χ3n) is 5.88. The molecule has 0 bridgehead atoms. The molecule has 2 aliphatic heterocycles. The molecule has 0 aliphatic carbocycles. The molecule has 1 atom stereocenters. The second-order valence-corrected chi connectivity index (χ2v) is 7.79. The third-order valence-corrected chi connectivity index (χ3v) is 5.88. The van der Waals surface area contributed by atoms with Crippen LogP contribution in [0.1, 0.15) is 24.8 Å². The van der Waals surface area contributed by atoms with Crippen molar-refractivity contribution in [1.29, 1.82) is 0 Å². The minimum Gasteiger partial charge on any atom is -0.494 e. The molecule has 8 heteroatoms. The van der Waals surface area contributed by atoms with Crippen molar-refractivity contribution >= 4 is 41.7 Å². The van der Waals surface area contributed by atoms with Gasteiger partial charge in [0.05, 0.1) is 12.5 Å². The van der Waals surface area contributed by atoms with E-state index in [9.17, 15) is 4.79 Å². The number of piperidine rings is 1. The summed E-state index contributed by atoms with van der Waals surface area (Å²) in [4.78, 5) is 19.2. The number of nitrogens with one attached hydrogen (secondary N) is 1. The van der Waals surface area contributed by atoms with E-state index in [4.69, 9.17) is 9.47 Å². The lowest BCUT2D eigenvalue weighted by Gasteiger charge is -2.29. The summed E-state index contributed by atoms with van der Waals surface area (Å²) in [5, 5.41) is 4.44. The highest BCUT2D eigenvalue weighted by atomic mass is 35.5. The molecule has 1 aromatic carbocycles. The largest absolute Gasteiger partial charge is 0.494 e. The van der Waals surface area contributed by atoms with Crippen LogP contribution in [0.2, 0.25) is 0 Å². The highest BCUT2D eigenvalue weighted by Gasteiger charge is 2.49. The van der Waals surface area contributed by atoms with Crippen LogP contribution in [-0.4, -0.2) is 55.7 Å². The standard InChI is InChI=1S/C21H27N3O3.2ClH/c1-24(14-16-12-21(20(25)27-16)7-10-22-11-8-21)13-15-5-6-18(26-2)19-17(15)4-3-9-23-19;;/h3-6,9,16,22H,7-8,10-14H2,1-2H3;2*1H. The van der Waals surface area contributed by atoms with Gasteiger partial charge in [-0.2, -0.15) is 0 Å². The average molecular weight is 442 g/mol. The lowest BCUT2D eigenvalue weighted by Crippen LogP contribution is -2.39. The number of carbonyl (C=O) groups is 1. The SMILES string of the molecule is COc1ccc(CN(C)CC2CC3(CCNCC3)C(=O)O2)c2cccnc12.Cl.Cl. The first-order valence-corrected chi connectivity index (χ1v) is 9.62. The summed E-state index contributed by atoms with van der Waals surface area (Å²) in [6.45, 7) is 3.33. The summed E-state index contributed by atoms with van der Waals surface area (Å²) in [7, 11) is 3.74. The maximum atomic E-state index is 12.5. The molecular weight excluding hydrogens is 413 g/mol. The van der Waals surface area contributed by atoms with Crippen LogP contribution in [0, 0.1) is 5.41 Å². The van der Waals surface area contributed by atoms with E-state index >= 15 is 0 Å². The Balaban J connectivity index is 0.00000150. The molecule has 160 valence electrons. The summed E-state index contributed by atoms with van der Waals surface area (Å²) in [6.07, 6.45) is 4.38. The number of methoxy groups -OCH3 is 1.